The molecule has 3 aromatic carbocycles. The Hall–Kier alpha value is -2.82. The van der Waals surface area contributed by atoms with Gasteiger partial charge in [0.15, 0.2) is 0 Å². The first-order valence-electron chi connectivity index (χ1n) is 10.6. The summed E-state index contributed by atoms with van der Waals surface area (Å²) >= 11 is 4.78. The average Bonchev–Trinajstić information content (AvgIpc) is 3.44. The first kappa shape index (κ1) is 23.9. The third-order valence-corrected chi connectivity index (χ3v) is 8.13. The first-order chi connectivity index (χ1) is 16.5. The number of nitrogens with one attached hydrogen (secondary N) is 2. The molecule has 1 saturated carbocycles. The molecule has 1 fully saturated rings. The molecule has 5 rings (SSSR count). The predicted octanol–water partition coefficient (Wildman–Crippen LogP) is 6.65. The van der Waals surface area contributed by atoms with E-state index in [0.29, 0.717) is 21.8 Å². The number of anilines is 2. The number of thiophene rings is 1. The van der Waals surface area contributed by atoms with Crippen molar-refractivity contribution in [3.8, 4) is 0 Å². The smallest absolute Gasteiger partial charge is 0.265 e. The maximum atomic E-state index is 14.6. The Balaban J connectivity index is 1.42. The second-order valence-corrected chi connectivity index (χ2v) is 12.4. The molecule has 0 spiro atoms. The van der Waals surface area contributed by atoms with Crippen LogP contribution in [0.2, 0.25) is 0 Å². The summed E-state index contributed by atoms with van der Waals surface area (Å²) in [6.45, 7) is 0. The number of carbonyl (C=O) groups is 1. The molecular formula is C25H19BrF2N2O3S2. The van der Waals surface area contributed by atoms with Crippen LogP contribution < -0.4 is 10.0 Å². The Morgan fingerprint density at radius 1 is 1.00 bits per heavy atom. The van der Waals surface area contributed by atoms with Gasteiger partial charge < -0.3 is 5.32 Å². The highest BCUT2D eigenvalue weighted by atomic mass is 79.9. The molecule has 0 bridgehead atoms. The van der Waals surface area contributed by atoms with Crippen molar-refractivity contribution in [2.45, 2.75) is 18.3 Å². The van der Waals surface area contributed by atoms with Crippen LogP contribution in [0.5, 0.6) is 0 Å². The molecule has 1 aliphatic carbocycles. The van der Waals surface area contributed by atoms with Crippen LogP contribution >= 0.6 is 27.3 Å². The van der Waals surface area contributed by atoms with E-state index in [1.807, 2.05) is 12.1 Å². The highest BCUT2D eigenvalue weighted by molar-refractivity contribution is 9.10. The van der Waals surface area contributed by atoms with Crippen LogP contribution in [0.25, 0.3) is 10.1 Å². The molecule has 35 heavy (non-hydrogen) atoms. The van der Waals surface area contributed by atoms with Crippen LogP contribution in [0.4, 0.5) is 20.2 Å². The second kappa shape index (κ2) is 8.69. The van der Waals surface area contributed by atoms with Crippen molar-refractivity contribution in [1.82, 2.24) is 0 Å². The molecule has 1 amide bonds. The lowest BCUT2D eigenvalue weighted by Gasteiger charge is -2.19. The van der Waals surface area contributed by atoms with E-state index >= 15 is 0 Å². The fraction of sp³-hybridized carbons (Fsp3) is 0.160. The molecule has 0 unspecified atom stereocenters. The van der Waals surface area contributed by atoms with Crippen LogP contribution in [0.1, 0.15) is 33.6 Å². The number of sulfonamides is 1. The molecule has 1 aromatic heterocycles. The lowest BCUT2D eigenvalue weighted by molar-refractivity contribution is 0.103. The Morgan fingerprint density at radius 3 is 2.46 bits per heavy atom. The van der Waals surface area contributed by atoms with Gasteiger partial charge in [0.05, 0.1) is 11.1 Å². The molecule has 180 valence electrons. The summed E-state index contributed by atoms with van der Waals surface area (Å²) in [5.74, 6) is -1.51. The fourth-order valence-corrected chi connectivity index (χ4v) is 6.27. The first-order valence-corrected chi connectivity index (χ1v) is 14.1. The highest BCUT2D eigenvalue weighted by Gasteiger charge is 2.47. The normalized spacial score (nSPS) is 14.6. The summed E-state index contributed by atoms with van der Waals surface area (Å²) < 4.78 is 55.0. The van der Waals surface area contributed by atoms with Gasteiger partial charge >= 0.3 is 0 Å². The van der Waals surface area contributed by atoms with Crippen LogP contribution in [0.15, 0.2) is 65.1 Å². The Labute approximate surface area is 213 Å². The molecule has 1 aliphatic rings. The predicted molar refractivity (Wildman–Crippen MR) is 139 cm³/mol. The minimum atomic E-state index is -3.41. The molecule has 0 saturated heterocycles. The van der Waals surface area contributed by atoms with Gasteiger partial charge in [-0.2, -0.15) is 0 Å². The maximum Gasteiger partial charge on any atom is 0.265 e. The summed E-state index contributed by atoms with van der Waals surface area (Å²) in [5, 5.41) is 3.65. The number of carbonyl (C=O) groups excluding carboxylic acids is 1. The third kappa shape index (κ3) is 4.96. The third-order valence-electron chi connectivity index (χ3n) is 5.95. The van der Waals surface area contributed by atoms with Gasteiger partial charge in [0, 0.05) is 32.0 Å². The monoisotopic (exact) mass is 576 g/mol. The molecule has 0 atom stereocenters. The number of benzene rings is 3. The average molecular weight is 577 g/mol. The maximum absolute atomic E-state index is 14.6. The van der Waals surface area contributed by atoms with E-state index in [0.717, 1.165) is 45.3 Å². The van der Waals surface area contributed by atoms with Gasteiger partial charge in [-0.1, -0.05) is 22.0 Å². The van der Waals surface area contributed by atoms with Crippen molar-refractivity contribution in [3.63, 3.8) is 0 Å². The SMILES string of the molecule is CS(=O)(=O)Nc1ccc2sc(C(=O)Nc3cc(Br)cc(C4(c5ccc(F)cc5F)CC4)c3)cc2c1. The molecule has 0 radical (unpaired) electrons. The Kier molecular flexibility index (Phi) is 5.93. The van der Waals surface area contributed by atoms with Gasteiger partial charge in [-0.15, -0.1) is 11.3 Å². The number of rotatable bonds is 6. The standard InChI is InChI=1S/C25H19BrF2N2O3S2/c1-35(32,33)30-18-3-5-22-14(8-18)9-23(34-22)24(31)29-19-11-15(10-16(26)12-19)25(6-7-25)20-4-2-17(27)13-21(20)28/h2-5,8-13,30H,6-7H2,1H3,(H,29,31). The van der Waals surface area contributed by atoms with Gasteiger partial charge in [0.1, 0.15) is 11.6 Å². The Bertz CT molecular complexity index is 1600. The molecule has 4 aromatic rings. The van der Waals surface area contributed by atoms with Crippen molar-refractivity contribution in [3.05, 3.63) is 92.8 Å². The zero-order valence-corrected chi connectivity index (χ0v) is 21.6. The topological polar surface area (TPSA) is 75.3 Å². The molecular weight excluding hydrogens is 558 g/mol. The van der Waals surface area contributed by atoms with Crippen LogP contribution in [-0.4, -0.2) is 20.6 Å². The molecule has 0 aliphatic heterocycles. The van der Waals surface area contributed by atoms with E-state index in [1.54, 1.807) is 30.3 Å². The van der Waals surface area contributed by atoms with Crippen molar-refractivity contribution in [2.75, 3.05) is 16.3 Å². The van der Waals surface area contributed by atoms with Crippen molar-refractivity contribution in [2.24, 2.45) is 0 Å². The lowest BCUT2D eigenvalue weighted by atomic mass is 9.87. The zero-order valence-electron chi connectivity index (χ0n) is 18.4. The summed E-state index contributed by atoms with van der Waals surface area (Å²) in [7, 11) is -3.41. The second-order valence-electron chi connectivity index (χ2n) is 8.63. The van der Waals surface area contributed by atoms with E-state index in [1.165, 1.54) is 23.5 Å². The van der Waals surface area contributed by atoms with Gasteiger partial charge in [-0.25, -0.2) is 17.2 Å². The van der Waals surface area contributed by atoms with Crippen LogP contribution in [0, 0.1) is 11.6 Å². The van der Waals surface area contributed by atoms with Gasteiger partial charge in [-0.05, 0) is 77.9 Å². The van der Waals surface area contributed by atoms with Crippen LogP contribution in [-0.2, 0) is 15.4 Å². The molecule has 10 heteroatoms. The number of amides is 1. The fourth-order valence-electron chi connectivity index (χ4n) is 4.28. The summed E-state index contributed by atoms with van der Waals surface area (Å²) in [6, 6.07) is 15.9. The van der Waals surface area contributed by atoms with Crippen molar-refractivity contribution in [1.29, 1.82) is 0 Å². The summed E-state index contributed by atoms with van der Waals surface area (Å²) in [6.07, 6.45) is 2.52. The Morgan fingerprint density at radius 2 is 1.77 bits per heavy atom. The molecule has 5 nitrogen and oxygen atoms in total. The number of fused-ring (bicyclic) bond motifs is 1. The van der Waals surface area contributed by atoms with Crippen molar-refractivity contribution < 1.29 is 22.0 Å². The number of halogens is 3. The number of hydrogen-bond donors (Lipinski definition) is 2. The van der Waals surface area contributed by atoms with E-state index in [2.05, 4.69) is 26.0 Å². The summed E-state index contributed by atoms with van der Waals surface area (Å²) in [5.41, 5.74) is 1.69. The van der Waals surface area contributed by atoms with Gasteiger partial charge in [-0.3, -0.25) is 9.52 Å². The summed E-state index contributed by atoms with van der Waals surface area (Å²) in [4.78, 5) is 13.5. The molecule has 2 N–H and O–H groups in total. The number of hydrogen-bond acceptors (Lipinski definition) is 4. The molecule has 1 heterocycles. The van der Waals surface area contributed by atoms with E-state index in [-0.39, 0.29) is 5.91 Å². The minimum Gasteiger partial charge on any atom is -0.321 e. The zero-order chi connectivity index (χ0) is 25.0. The van der Waals surface area contributed by atoms with Gasteiger partial charge in [0.2, 0.25) is 10.0 Å². The van der Waals surface area contributed by atoms with Crippen LogP contribution in [0.3, 0.4) is 0 Å². The minimum absolute atomic E-state index is 0.314. The van der Waals surface area contributed by atoms with E-state index in [4.69, 9.17) is 0 Å². The van der Waals surface area contributed by atoms with Gasteiger partial charge in [0.25, 0.3) is 5.91 Å². The highest BCUT2D eigenvalue weighted by Crippen LogP contribution is 2.55. The quantitative estimate of drug-likeness (QED) is 0.270. The van der Waals surface area contributed by atoms with E-state index < -0.39 is 27.1 Å². The largest absolute Gasteiger partial charge is 0.321 e. The van der Waals surface area contributed by atoms with E-state index in [9.17, 15) is 22.0 Å². The van der Waals surface area contributed by atoms with Crippen molar-refractivity contribution >= 4 is 64.7 Å². The lowest BCUT2D eigenvalue weighted by Crippen LogP contribution is -2.14.